The van der Waals surface area contributed by atoms with Crippen LogP contribution in [0.1, 0.15) is 33.1 Å². The summed E-state index contributed by atoms with van der Waals surface area (Å²) in [6, 6.07) is 0.788. The van der Waals surface area contributed by atoms with Gasteiger partial charge in [-0.15, -0.1) is 0 Å². The molecule has 0 aliphatic carbocycles. The summed E-state index contributed by atoms with van der Waals surface area (Å²) >= 11 is 0. The molecule has 1 aliphatic rings. The van der Waals surface area contributed by atoms with Gasteiger partial charge in [-0.2, -0.15) is 0 Å². The lowest BCUT2D eigenvalue weighted by molar-refractivity contribution is 0.206. The summed E-state index contributed by atoms with van der Waals surface area (Å²) < 4.78 is 0. The average molecular weight is 184 g/mol. The van der Waals surface area contributed by atoms with Gasteiger partial charge in [-0.1, -0.05) is 26.7 Å². The molecular formula is C11H24N2. The number of hydrogen-bond acceptors (Lipinski definition) is 2. The largest absolute Gasteiger partial charge is 0.315 e. The second-order valence-electron chi connectivity index (χ2n) is 4.23. The average Bonchev–Trinajstić information content (AvgIpc) is 2.61. The number of unbranched alkanes of at least 4 members (excludes halogenated alkanes) is 1. The standard InChI is InChI=1S/C11H24N2/c1-4-6-7-13(3)11-9-12-8-10(11)5-2/h10-12H,4-9H2,1-3H3. The third-order valence-corrected chi connectivity index (χ3v) is 3.26. The molecule has 13 heavy (non-hydrogen) atoms. The minimum Gasteiger partial charge on any atom is -0.315 e. The number of likely N-dealkylation sites (N-methyl/N-ethyl adjacent to an activating group) is 1. The number of nitrogens with zero attached hydrogens (tertiary/aromatic N) is 1. The van der Waals surface area contributed by atoms with E-state index in [0.717, 1.165) is 12.0 Å². The van der Waals surface area contributed by atoms with E-state index in [1.807, 2.05) is 0 Å². The Morgan fingerprint density at radius 1 is 1.31 bits per heavy atom. The zero-order chi connectivity index (χ0) is 9.68. The van der Waals surface area contributed by atoms with Gasteiger partial charge in [0, 0.05) is 12.6 Å². The van der Waals surface area contributed by atoms with Crippen LogP contribution in [0.4, 0.5) is 0 Å². The molecule has 2 nitrogen and oxygen atoms in total. The van der Waals surface area contributed by atoms with E-state index in [1.165, 1.54) is 38.9 Å². The first kappa shape index (κ1) is 11.0. The third kappa shape index (κ3) is 2.96. The van der Waals surface area contributed by atoms with Gasteiger partial charge in [-0.3, -0.25) is 0 Å². The Hall–Kier alpha value is -0.0800. The molecule has 0 spiro atoms. The number of nitrogens with one attached hydrogen (secondary N) is 1. The summed E-state index contributed by atoms with van der Waals surface area (Å²) in [4.78, 5) is 2.54. The van der Waals surface area contributed by atoms with Gasteiger partial charge in [0.15, 0.2) is 0 Å². The molecule has 1 fully saturated rings. The summed E-state index contributed by atoms with van der Waals surface area (Å²) in [5, 5.41) is 3.49. The smallest absolute Gasteiger partial charge is 0.0257 e. The minimum absolute atomic E-state index is 0.788. The molecule has 0 amide bonds. The normalized spacial score (nSPS) is 28.6. The van der Waals surface area contributed by atoms with Crippen molar-refractivity contribution in [2.75, 3.05) is 26.7 Å². The predicted molar refractivity (Wildman–Crippen MR) is 58.0 cm³/mol. The van der Waals surface area contributed by atoms with E-state index in [0.29, 0.717) is 0 Å². The highest BCUT2D eigenvalue weighted by atomic mass is 15.2. The molecule has 2 unspecified atom stereocenters. The molecule has 1 saturated heterocycles. The fraction of sp³-hybridized carbons (Fsp3) is 1.00. The van der Waals surface area contributed by atoms with Crippen LogP contribution in [-0.2, 0) is 0 Å². The highest BCUT2D eigenvalue weighted by molar-refractivity contribution is 4.86. The topological polar surface area (TPSA) is 15.3 Å². The maximum atomic E-state index is 3.49. The highest BCUT2D eigenvalue weighted by Crippen LogP contribution is 2.17. The maximum absolute atomic E-state index is 3.49. The van der Waals surface area contributed by atoms with Crippen molar-refractivity contribution in [2.45, 2.75) is 39.2 Å². The molecule has 0 bridgehead atoms. The van der Waals surface area contributed by atoms with Gasteiger partial charge in [0.05, 0.1) is 0 Å². The quantitative estimate of drug-likeness (QED) is 0.700. The predicted octanol–water partition coefficient (Wildman–Crippen LogP) is 1.72. The first-order valence-corrected chi connectivity index (χ1v) is 5.70. The van der Waals surface area contributed by atoms with Gasteiger partial charge in [0.1, 0.15) is 0 Å². The lowest BCUT2D eigenvalue weighted by Crippen LogP contribution is -2.38. The Kier molecular flexibility index (Phi) is 4.74. The maximum Gasteiger partial charge on any atom is 0.0257 e. The Bertz CT molecular complexity index is 136. The van der Waals surface area contributed by atoms with E-state index < -0.39 is 0 Å². The Balaban J connectivity index is 2.31. The van der Waals surface area contributed by atoms with Crippen LogP contribution in [0.5, 0.6) is 0 Å². The van der Waals surface area contributed by atoms with Crippen LogP contribution in [0.2, 0.25) is 0 Å². The molecule has 2 heteroatoms. The van der Waals surface area contributed by atoms with Crippen molar-refractivity contribution >= 4 is 0 Å². The van der Waals surface area contributed by atoms with E-state index in [4.69, 9.17) is 0 Å². The van der Waals surface area contributed by atoms with Crippen molar-refractivity contribution in [1.29, 1.82) is 0 Å². The van der Waals surface area contributed by atoms with Crippen molar-refractivity contribution in [3.8, 4) is 0 Å². The monoisotopic (exact) mass is 184 g/mol. The first-order valence-electron chi connectivity index (χ1n) is 5.70. The van der Waals surface area contributed by atoms with Gasteiger partial charge in [-0.25, -0.2) is 0 Å². The molecule has 78 valence electrons. The van der Waals surface area contributed by atoms with Gasteiger partial charge in [0.2, 0.25) is 0 Å². The van der Waals surface area contributed by atoms with Gasteiger partial charge < -0.3 is 10.2 Å². The first-order chi connectivity index (χ1) is 6.29. The fourth-order valence-electron chi connectivity index (χ4n) is 2.22. The van der Waals surface area contributed by atoms with E-state index >= 15 is 0 Å². The SMILES string of the molecule is CCCCN(C)C1CNCC1CC. The summed E-state index contributed by atoms with van der Waals surface area (Å²) in [7, 11) is 2.27. The highest BCUT2D eigenvalue weighted by Gasteiger charge is 2.27. The molecule has 1 N–H and O–H groups in total. The molecule has 0 aromatic carbocycles. The Labute approximate surface area is 82.7 Å². The lowest BCUT2D eigenvalue weighted by atomic mass is 9.99. The van der Waals surface area contributed by atoms with Crippen molar-refractivity contribution in [3.63, 3.8) is 0 Å². The zero-order valence-corrected chi connectivity index (χ0v) is 9.34. The van der Waals surface area contributed by atoms with E-state index in [-0.39, 0.29) is 0 Å². The molecule has 0 saturated carbocycles. The fourth-order valence-corrected chi connectivity index (χ4v) is 2.22. The number of rotatable bonds is 5. The van der Waals surface area contributed by atoms with Crippen LogP contribution in [0.15, 0.2) is 0 Å². The van der Waals surface area contributed by atoms with Crippen LogP contribution in [0.3, 0.4) is 0 Å². The summed E-state index contributed by atoms with van der Waals surface area (Å²) in [6.07, 6.45) is 3.96. The molecule has 0 radical (unpaired) electrons. The molecule has 2 atom stereocenters. The van der Waals surface area contributed by atoms with Crippen molar-refractivity contribution in [2.24, 2.45) is 5.92 Å². The minimum atomic E-state index is 0.788. The van der Waals surface area contributed by atoms with E-state index in [2.05, 4.69) is 31.1 Å². The Morgan fingerprint density at radius 3 is 2.69 bits per heavy atom. The van der Waals surface area contributed by atoms with Crippen molar-refractivity contribution in [1.82, 2.24) is 10.2 Å². The molecular weight excluding hydrogens is 160 g/mol. The van der Waals surface area contributed by atoms with Crippen LogP contribution >= 0.6 is 0 Å². The third-order valence-electron chi connectivity index (χ3n) is 3.26. The summed E-state index contributed by atoms with van der Waals surface area (Å²) in [6.45, 7) is 8.24. The molecule has 0 aromatic rings. The zero-order valence-electron chi connectivity index (χ0n) is 9.34. The van der Waals surface area contributed by atoms with Gasteiger partial charge >= 0.3 is 0 Å². The Morgan fingerprint density at radius 2 is 2.08 bits per heavy atom. The molecule has 1 heterocycles. The second-order valence-corrected chi connectivity index (χ2v) is 4.23. The van der Waals surface area contributed by atoms with E-state index in [9.17, 15) is 0 Å². The van der Waals surface area contributed by atoms with Crippen LogP contribution in [-0.4, -0.2) is 37.6 Å². The number of hydrogen-bond donors (Lipinski definition) is 1. The van der Waals surface area contributed by atoms with Crippen molar-refractivity contribution < 1.29 is 0 Å². The van der Waals surface area contributed by atoms with Gasteiger partial charge in [-0.05, 0) is 32.5 Å². The van der Waals surface area contributed by atoms with E-state index in [1.54, 1.807) is 0 Å². The van der Waals surface area contributed by atoms with Crippen molar-refractivity contribution in [3.05, 3.63) is 0 Å². The molecule has 0 aromatic heterocycles. The summed E-state index contributed by atoms with van der Waals surface area (Å²) in [5.41, 5.74) is 0. The second kappa shape index (κ2) is 5.61. The van der Waals surface area contributed by atoms with Crippen LogP contribution in [0, 0.1) is 5.92 Å². The van der Waals surface area contributed by atoms with Gasteiger partial charge in [0.25, 0.3) is 0 Å². The molecule has 1 aliphatic heterocycles. The van der Waals surface area contributed by atoms with Crippen LogP contribution < -0.4 is 5.32 Å². The van der Waals surface area contributed by atoms with Crippen LogP contribution in [0.25, 0.3) is 0 Å². The molecule has 1 rings (SSSR count). The lowest BCUT2D eigenvalue weighted by Gasteiger charge is -2.28. The summed E-state index contributed by atoms with van der Waals surface area (Å²) in [5.74, 6) is 0.877.